The normalized spacial score (nSPS) is 46.5. The minimum absolute atomic E-state index is 0.0257. The zero-order valence-corrected chi connectivity index (χ0v) is 12.2. The summed E-state index contributed by atoms with van der Waals surface area (Å²) in [6, 6.07) is 0.0257. The lowest BCUT2D eigenvalue weighted by atomic mass is 9.43. The van der Waals surface area contributed by atoms with E-state index in [1.807, 2.05) is 13.8 Å². The number of hydrogen-bond donors (Lipinski definition) is 0. The summed E-state index contributed by atoms with van der Waals surface area (Å²) in [5.41, 5.74) is 0.312. The molecule has 3 saturated carbocycles. The molecule has 0 aromatic heterocycles. The zero-order chi connectivity index (χ0) is 13.1. The average molecular weight is 252 g/mol. The fourth-order valence-corrected chi connectivity index (χ4v) is 4.44. The maximum Gasteiger partial charge on any atom is 0.488 e. The van der Waals surface area contributed by atoms with E-state index in [-0.39, 0.29) is 24.8 Å². The number of hydrogen-bond acceptors (Lipinski definition) is 3. The molecule has 4 aliphatic rings. The molecule has 3 aliphatic carbocycles. The van der Waals surface area contributed by atoms with Crippen LogP contribution in [0.5, 0.6) is 0 Å². The minimum Gasteiger partial charge on any atom is -0.404 e. The van der Waals surface area contributed by atoms with Crippen molar-refractivity contribution in [1.82, 2.24) is 0 Å². The molecule has 18 heavy (non-hydrogen) atoms. The number of rotatable bonds is 3. The molecule has 1 heterocycles. The van der Waals surface area contributed by atoms with Crippen LogP contribution in [0.1, 0.15) is 47.5 Å². The standard InChI is InChI=1S/C14H25BO3/c1-6-16-9(2)15-17-12-8-10-7-11(13(10,3)4)14(12,5)18-15/h9-12H,6-8H2,1-5H3/t9-,10+,11+,12?,14+/m1/s1. The van der Waals surface area contributed by atoms with Gasteiger partial charge in [0, 0.05) is 6.61 Å². The first-order valence-electron chi connectivity index (χ1n) is 7.34. The van der Waals surface area contributed by atoms with E-state index in [1.54, 1.807) is 0 Å². The van der Waals surface area contributed by atoms with E-state index in [2.05, 4.69) is 20.8 Å². The van der Waals surface area contributed by atoms with Crippen LogP contribution in [0.15, 0.2) is 0 Å². The molecule has 0 N–H and O–H groups in total. The Kier molecular flexibility index (Phi) is 2.86. The molecular formula is C14H25BO3. The van der Waals surface area contributed by atoms with E-state index >= 15 is 0 Å². The van der Waals surface area contributed by atoms with Gasteiger partial charge in [-0.05, 0) is 50.9 Å². The van der Waals surface area contributed by atoms with Gasteiger partial charge >= 0.3 is 7.12 Å². The van der Waals surface area contributed by atoms with Crippen LogP contribution in [-0.4, -0.2) is 31.4 Å². The van der Waals surface area contributed by atoms with Gasteiger partial charge in [0.15, 0.2) is 0 Å². The Bertz CT molecular complexity index is 346. The highest BCUT2D eigenvalue weighted by Gasteiger charge is 2.68. The molecular weight excluding hydrogens is 227 g/mol. The summed E-state index contributed by atoms with van der Waals surface area (Å²) < 4.78 is 18.1. The maximum absolute atomic E-state index is 6.31. The first-order chi connectivity index (χ1) is 8.39. The van der Waals surface area contributed by atoms with Gasteiger partial charge in [-0.2, -0.15) is 0 Å². The van der Waals surface area contributed by atoms with Crippen LogP contribution in [0.4, 0.5) is 0 Å². The van der Waals surface area contributed by atoms with Gasteiger partial charge in [0.05, 0.1) is 17.7 Å². The van der Waals surface area contributed by atoms with Crippen LogP contribution >= 0.6 is 0 Å². The van der Waals surface area contributed by atoms with Crippen molar-refractivity contribution in [3.8, 4) is 0 Å². The Labute approximate surface area is 111 Å². The molecule has 4 heteroatoms. The lowest BCUT2D eigenvalue weighted by Crippen LogP contribution is -2.65. The summed E-state index contributed by atoms with van der Waals surface area (Å²) in [6.07, 6.45) is 2.72. The molecule has 1 aliphatic heterocycles. The molecule has 0 aromatic carbocycles. The third-order valence-corrected chi connectivity index (χ3v) is 5.78. The van der Waals surface area contributed by atoms with E-state index in [0.29, 0.717) is 17.9 Å². The van der Waals surface area contributed by atoms with Gasteiger partial charge in [-0.1, -0.05) is 13.8 Å². The molecule has 0 amide bonds. The third-order valence-electron chi connectivity index (χ3n) is 5.78. The Morgan fingerprint density at radius 3 is 2.67 bits per heavy atom. The predicted molar refractivity (Wildman–Crippen MR) is 71.2 cm³/mol. The third kappa shape index (κ3) is 1.55. The summed E-state index contributed by atoms with van der Waals surface area (Å²) in [4.78, 5) is 0. The Morgan fingerprint density at radius 2 is 2.06 bits per heavy atom. The SMILES string of the molecule is CCO[C@H](C)B1OC2C[C@@H]3C[C@@H](C3(C)C)[C@]2(C)O1. The molecule has 1 saturated heterocycles. The molecule has 0 spiro atoms. The van der Waals surface area contributed by atoms with E-state index in [9.17, 15) is 0 Å². The molecule has 4 rings (SSSR count). The number of ether oxygens (including phenoxy) is 1. The fraction of sp³-hybridized carbons (Fsp3) is 1.00. The second-order valence-corrected chi connectivity index (χ2v) is 7.00. The van der Waals surface area contributed by atoms with Crippen LogP contribution in [0.25, 0.3) is 0 Å². The van der Waals surface area contributed by atoms with Gasteiger partial charge in [0.2, 0.25) is 0 Å². The van der Waals surface area contributed by atoms with Crippen molar-refractivity contribution in [2.45, 2.75) is 65.2 Å². The Morgan fingerprint density at radius 1 is 1.33 bits per heavy atom. The molecule has 0 aromatic rings. The van der Waals surface area contributed by atoms with Crippen molar-refractivity contribution in [1.29, 1.82) is 0 Å². The topological polar surface area (TPSA) is 27.7 Å². The quantitative estimate of drug-likeness (QED) is 0.723. The van der Waals surface area contributed by atoms with Crippen LogP contribution in [0.2, 0.25) is 0 Å². The molecule has 3 nitrogen and oxygen atoms in total. The molecule has 2 bridgehead atoms. The molecule has 4 fully saturated rings. The lowest BCUT2D eigenvalue weighted by Gasteiger charge is -2.64. The Balaban J connectivity index is 1.76. The average Bonchev–Trinajstić information content (AvgIpc) is 2.65. The summed E-state index contributed by atoms with van der Waals surface area (Å²) in [7, 11) is -0.185. The zero-order valence-electron chi connectivity index (χ0n) is 12.2. The van der Waals surface area contributed by atoms with Gasteiger partial charge in [-0.25, -0.2) is 0 Å². The van der Waals surface area contributed by atoms with Gasteiger partial charge in [-0.15, -0.1) is 0 Å². The van der Waals surface area contributed by atoms with Gasteiger partial charge in [0.1, 0.15) is 0 Å². The van der Waals surface area contributed by atoms with E-state index in [4.69, 9.17) is 14.0 Å². The Hall–Kier alpha value is -0.0551. The highest BCUT2D eigenvalue weighted by Crippen LogP contribution is 2.65. The van der Waals surface area contributed by atoms with E-state index in [1.165, 1.54) is 6.42 Å². The van der Waals surface area contributed by atoms with E-state index < -0.39 is 0 Å². The first kappa shape index (κ1) is 13.0. The summed E-state index contributed by atoms with van der Waals surface area (Å²) in [5, 5.41) is 0. The van der Waals surface area contributed by atoms with Crippen molar-refractivity contribution < 1.29 is 14.0 Å². The van der Waals surface area contributed by atoms with Crippen LogP contribution in [-0.2, 0) is 14.0 Å². The highest BCUT2D eigenvalue weighted by atomic mass is 16.7. The summed E-state index contributed by atoms with van der Waals surface area (Å²) in [6.45, 7) is 11.8. The highest BCUT2D eigenvalue weighted by molar-refractivity contribution is 6.46. The predicted octanol–water partition coefficient (Wildman–Crippen LogP) is 2.68. The van der Waals surface area contributed by atoms with E-state index in [0.717, 1.165) is 12.3 Å². The molecule has 1 unspecified atom stereocenters. The molecule has 102 valence electrons. The van der Waals surface area contributed by atoms with Crippen LogP contribution in [0.3, 0.4) is 0 Å². The monoisotopic (exact) mass is 252 g/mol. The van der Waals surface area contributed by atoms with Gasteiger partial charge < -0.3 is 14.0 Å². The molecule has 5 atom stereocenters. The maximum atomic E-state index is 6.31. The fourth-order valence-electron chi connectivity index (χ4n) is 4.44. The van der Waals surface area contributed by atoms with Crippen molar-refractivity contribution in [3.05, 3.63) is 0 Å². The second kappa shape index (κ2) is 3.97. The summed E-state index contributed by atoms with van der Waals surface area (Å²) in [5.74, 6) is 1.44. The van der Waals surface area contributed by atoms with Crippen molar-refractivity contribution in [2.75, 3.05) is 6.61 Å². The first-order valence-corrected chi connectivity index (χ1v) is 7.34. The smallest absolute Gasteiger partial charge is 0.404 e. The second-order valence-electron chi connectivity index (χ2n) is 7.00. The van der Waals surface area contributed by atoms with Gasteiger partial charge in [0.25, 0.3) is 0 Å². The lowest BCUT2D eigenvalue weighted by molar-refractivity contribution is -0.199. The van der Waals surface area contributed by atoms with Crippen LogP contribution < -0.4 is 0 Å². The van der Waals surface area contributed by atoms with Crippen molar-refractivity contribution >= 4 is 7.12 Å². The minimum atomic E-state index is -0.185. The van der Waals surface area contributed by atoms with Crippen LogP contribution in [0, 0.1) is 17.3 Å². The summed E-state index contributed by atoms with van der Waals surface area (Å²) >= 11 is 0. The van der Waals surface area contributed by atoms with Crippen molar-refractivity contribution in [2.24, 2.45) is 17.3 Å². The molecule has 0 radical (unpaired) electrons. The van der Waals surface area contributed by atoms with Crippen molar-refractivity contribution in [3.63, 3.8) is 0 Å². The van der Waals surface area contributed by atoms with Gasteiger partial charge in [-0.3, -0.25) is 0 Å². The largest absolute Gasteiger partial charge is 0.488 e.